The minimum absolute atomic E-state index is 0.0320. The predicted octanol–water partition coefficient (Wildman–Crippen LogP) is 4.28. The highest BCUT2D eigenvalue weighted by Crippen LogP contribution is 2.41. The third kappa shape index (κ3) is 5.61. The minimum atomic E-state index is -0.486. The van der Waals surface area contributed by atoms with Crippen LogP contribution in [0.25, 0.3) is 0 Å². The molecule has 2 aromatic rings. The van der Waals surface area contributed by atoms with E-state index in [0.29, 0.717) is 0 Å². The summed E-state index contributed by atoms with van der Waals surface area (Å²) < 4.78 is 5.31. The molecule has 6 nitrogen and oxygen atoms in total. The van der Waals surface area contributed by atoms with Gasteiger partial charge in [-0.3, -0.25) is 9.59 Å². The highest BCUT2D eigenvalue weighted by molar-refractivity contribution is 5.99. The van der Waals surface area contributed by atoms with E-state index in [-0.39, 0.29) is 17.7 Å². The fourth-order valence-electron chi connectivity index (χ4n) is 5.45. The highest BCUT2D eigenvalue weighted by atomic mass is 16.5. The standard InChI is InChI=1S/C28H37N3O3/c1-34-25-11-7-23(8-12-25)28(16-3-2-4-17-28)27(33)30-24-9-5-21(6-10-24)13-18-31-19-14-22(15-20-31)26(29)32/h5-12,22H,2-4,13-20H2,1H3,(H2,29,32)(H,30,33). The van der Waals surface area contributed by atoms with Gasteiger partial charge in [0, 0.05) is 18.2 Å². The molecule has 1 saturated heterocycles. The largest absolute Gasteiger partial charge is 0.497 e. The van der Waals surface area contributed by atoms with Crippen LogP contribution in [0.2, 0.25) is 0 Å². The second kappa shape index (κ2) is 11.0. The van der Waals surface area contributed by atoms with Gasteiger partial charge in [-0.25, -0.2) is 0 Å². The van der Waals surface area contributed by atoms with Crippen molar-refractivity contribution in [3.05, 3.63) is 59.7 Å². The molecule has 0 spiro atoms. The van der Waals surface area contributed by atoms with Crippen molar-refractivity contribution in [1.82, 2.24) is 4.90 Å². The molecule has 0 bridgehead atoms. The number of nitrogens with zero attached hydrogens (tertiary/aromatic N) is 1. The summed E-state index contributed by atoms with van der Waals surface area (Å²) in [6.07, 6.45) is 7.72. The number of carbonyl (C=O) groups is 2. The second-order valence-electron chi connectivity index (χ2n) is 9.79. The van der Waals surface area contributed by atoms with Crippen LogP contribution < -0.4 is 15.8 Å². The molecule has 2 aromatic carbocycles. The Morgan fingerprint density at radius 2 is 1.65 bits per heavy atom. The first-order valence-corrected chi connectivity index (χ1v) is 12.6. The third-order valence-corrected chi connectivity index (χ3v) is 7.70. The van der Waals surface area contributed by atoms with Gasteiger partial charge in [0.1, 0.15) is 5.75 Å². The van der Waals surface area contributed by atoms with E-state index in [1.54, 1.807) is 7.11 Å². The van der Waals surface area contributed by atoms with Crippen molar-refractivity contribution >= 4 is 17.5 Å². The van der Waals surface area contributed by atoms with Gasteiger partial charge in [0.05, 0.1) is 12.5 Å². The average molecular weight is 464 g/mol. The van der Waals surface area contributed by atoms with Gasteiger partial charge in [-0.15, -0.1) is 0 Å². The molecule has 0 unspecified atom stereocenters. The van der Waals surface area contributed by atoms with E-state index in [1.807, 2.05) is 36.4 Å². The molecule has 6 heteroatoms. The summed E-state index contributed by atoms with van der Waals surface area (Å²) in [7, 11) is 1.66. The maximum atomic E-state index is 13.6. The summed E-state index contributed by atoms with van der Waals surface area (Å²) in [6.45, 7) is 2.82. The molecule has 3 N–H and O–H groups in total. The molecule has 0 aromatic heterocycles. The molecule has 2 amide bonds. The molecule has 182 valence electrons. The first-order valence-electron chi connectivity index (χ1n) is 12.6. The zero-order chi connectivity index (χ0) is 24.0. The maximum Gasteiger partial charge on any atom is 0.235 e. The van der Waals surface area contributed by atoms with E-state index in [4.69, 9.17) is 10.5 Å². The Kier molecular flexibility index (Phi) is 7.88. The molecule has 2 aliphatic rings. The molecule has 34 heavy (non-hydrogen) atoms. The van der Waals surface area contributed by atoms with Crippen LogP contribution in [-0.2, 0) is 21.4 Å². The Morgan fingerprint density at radius 1 is 1.00 bits per heavy atom. The van der Waals surface area contributed by atoms with Crippen molar-refractivity contribution in [2.24, 2.45) is 11.7 Å². The monoisotopic (exact) mass is 463 g/mol. The molecule has 4 rings (SSSR count). The van der Waals surface area contributed by atoms with Gasteiger partial charge < -0.3 is 20.7 Å². The van der Waals surface area contributed by atoms with Crippen LogP contribution in [0.3, 0.4) is 0 Å². The van der Waals surface area contributed by atoms with Gasteiger partial charge in [0.25, 0.3) is 0 Å². The lowest BCUT2D eigenvalue weighted by Gasteiger charge is -2.36. The SMILES string of the molecule is COc1ccc(C2(C(=O)Nc3ccc(CCN4CCC(C(N)=O)CC4)cc3)CCCCC2)cc1. The summed E-state index contributed by atoms with van der Waals surface area (Å²) in [6, 6.07) is 16.2. The van der Waals surface area contributed by atoms with Crippen molar-refractivity contribution in [1.29, 1.82) is 0 Å². The van der Waals surface area contributed by atoms with E-state index < -0.39 is 5.41 Å². The van der Waals surface area contributed by atoms with E-state index in [2.05, 4.69) is 22.3 Å². The first kappa shape index (κ1) is 24.3. The molecule has 1 saturated carbocycles. The molecule has 0 radical (unpaired) electrons. The van der Waals surface area contributed by atoms with Gasteiger partial charge in [-0.2, -0.15) is 0 Å². The van der Waals surface area contributed by atoms with Gasteiger partial charge in [-0.05, 0) is 80.6 Å². The number of piperidine rings is 1. The average Bonchev–Trinajstić information content (AvgIpc) is 2.89. The van der Waals surface area contributed by atoms with Crippen molar-refractivity contribution in [2.45, 2.75) is 56.8 Å². The Labute approximate surface area is 202 Å². The number of primary amides is 1. The molecular weight excluding hydrogens is 426 g/mol. The van der Waals surface area contributed by atoms with Gasteiger partial charge >= 0.3 is 0 Å². The van der Waals surface area contributed by atoms with Crippen LogP contribution in [0, 0.1) is 5.92 Å². The van der Waals surface area contributed by atoms with Crippen molar-refractivity contribution < 1.29 is 14.3 Å². The van der Waals surface area contributed by atoms with Gasteiger partial charge in [0.15, 0.2) is 0 Å². The van der Waals surface area contributed by atoms with Gasteiger partial charge in [0.2, 0.25) is 11.8 Å². The molecule has 1 heterocycles. The zero-order valence-electron chi connectivity index (χ0n) is 20.2. The molecule has 2 fully saturated rings. The highest BCUT2D eigenvalue weighted by Gasteiger charge is 2.41. The fraction of sp³-hybridized carbons (Fsp3) is 0.500. The number of methoxy groups -OCH3 is 1. The fourth-order valence-corrected chi connectivity index (χ4v) is 5.45. The van der Waals surface area contributed by atoms with E-state index in [9.17, 15) is 9.59 Å². The number of carbonyl (C=O) groups excluding carboxylic acids is 2. The van der Waals surface area contributed by atoms with Crippen molar-refractivity contribution in [3.63, 3.8) is 0 Å². The van der Waals surface area contributed by atoms with Crippen LogP contribution in [0.1, 0.15) is 56.1 Å². The number of ether oxygens (including phenoxy) is 1. The van der Waals surface area contributed by atoms with Crippen molar-refractivity contribution in [2.75, 3.05) is 32.1 Å². The summed E-state index contributed by atoms with van der Waals surface area (Å²) in [5.41, 5.74) is 8.11. The number of anilines is 1. The zero-order valence-corrected chi connectivity index (χ0v) is 20.2. The molecule has 1 aliphatic carbocycles. The Morgan fingerprint density at radius 3 is 2.24 bits per heavy atom. The number of hydrogen-bond acceptors (Lipinski definition) is 4. The van der Waals surface area contributed by atoms with Crippen LogP contribution >= 0.6 is 0 Å². The van der Waals surface area contributed by atoms with E-state index >= 15 is 0 Å². The number of nitrogens with two attached hydrogens (primary N) is 1. The molecule has 1 aliphatic heterocycles. The van der Waals surface area contributed by atoms with E-state index in [1.165, 1.54) is 12.0 Å². The lowest BCUT2D eigenvalue weighted by atomic mass is 9.68. The Hall–Kier alpha value is -2.86. The smallest absolute Gasteiger partial charge is 0.235 e. The molecular formula is C28H37N3O3. The number of rotatable bonds is 8. The van der Waals surface area contributed by atoms with Crippen LogP contribution in [0.15, 0.2) is 48.5 Å². The maximum absolute atomic E-state index is 13.6. The predicted molar refractivity (Wildman–Crippen MR) is 135 cm³/mol. The summed E-state index contributed by atoms with van der Waals surface area (Å²) >= 11 is 0. The summed E-state index contributed by atoms with van der Waals surface area (Å²) in [5, 5.41) is 3.20. The number of amides is 2. The number of likely N-dealkylation sites (tertiary alicyclic amines) is 1. The minimum Gasteiger partial charge on any atom is -0.497 e. The van der Waals surface area contributed by atoms with Crippen molar-refractivity contribution in [3.8, 4) is 5.75 Å². The Balaban J connectivity index is 1.36. The quantitative estimate of drug-likeness (QED) is 0.612. The number of nitrogens with one attached hydrogen (secondary N) is 1. The normalized spacial score (nSPS) is 18.9. The van der Waals surface area contributed by atoms with Crippen LogP contribution in [0.5, 0.6) is 5.75 Å². The topological polar surface area (TPSA) is 84.7 Å². The molecule has 0 atom stereocenters. The summed E-state index contributed by atoms with van der Waals surface area (Å²) in [5.74, 6) is 0.759. The Bertz CT molecular complexity index is 957. The summed E-state index contributed by atoms with van der Waals surface area (Å²) in [4.78, 5) is 27.3. The first-order chi connectivity index (χ1) is 16.5. The van der Waals surface area contributed by atoms with Crippen LogP contribution in [0.4, 0.5) is 5.69 Å². The van der Waals surface area contributed by atoms with E-state index in [0.717, 1.165) is 81.6 Å². The van der Waals surface area contributed by atoms with Crippen LogP contribution in [-0.4, -0.2) is 43.5 Å². The second-order valence-corrected chi connectivity index (χ2v) is 9.79. The lowest BCUT2D eigenvalue weighted by molar-refractivity contribution is -0.123. The number of hydrogen-bond donors (Lipinski definition) is 2. The number of benzene rings is 2. The third-order valence-electron chi connectivity index (χ3n) is 7.70. The van der Waals surface area contributed by atoms with Gasteiger partial charge in [-0.1, -0.05) is 43.5 Å². The lowest BCUT2D eigenvalue weighted by Crippen LogP contribution is -2.42.